The van der Waals surface area contributed by atoms with Crippen LogP contribution >= 0.6 is 34.8 Å². The maximum Gasteiger partial charge on any atom is 0.338 e. The van der Waals surface area contributed by atoms with Crippen molar-refractivity contribution >= 4 is 51.7 Å². The summed E-state index contributed by atoms with van der Waals surface area (Å²) in [7, 11) is 1.36. The quantitative estimate of drug-likeness (QED) is 0.147. The molecule has 1 aliphatic carbocycles. The van der Waals surface area contributed by atoms with Crippen molar-refractivity contribution in [3.63, 3.8) is 0 Å². The molecule has 200 valence electrons. The minimum Gasteiger partial charge on any atom is -0.489 e. The molecule has 0 atom stereocenters. The van der Waals surface area contributed by atoms with Gasteiger partial charge in [-0.2, -0.15) is 0 Å². The van der Waals surface area contributed by atoms with Gasteiger partial charge in [0.1, 0.15) is 23.8 Å². The lowest BCUT2D eigenvalue weighted by atomic mass is 10.0. The summed E-state index contributed by atoms with van der Waals surface area (Å²) in [6.07, 6.45) is 3.88. The Morgan fingerprint density at radius 2 is 1.82 bits per heavy atom. The van der Waals surface area contributed by atoms with Crippen LogP contribution in [0.25, 0.3) is 22.2 Å². The van der Waals surface area contributed by atoms with E-state index < -0.39 is 5.97 Å². The topological polar surface area (TPSA) is 66.5 Å². The number of halogens is 3. The van der Waals surface area contributed by atoms with E-state index in [1.807, 2.05) is 18.2 Å². The first-order valence-corrected chi connectivity index (χ1v) is 13.6. The average molecular weight is 592 g/mol. The van der Waals surface area contributed by atoms with Gasteiger partial charge in [-0.25, -0.2) is 4.79 Å². The molecule has 1 fully saturated rings. The number of hydrogen-bond acceptors (Lipinski definition) is 5. The highest BCUT2D eigenvalue weighted by molar-refractivity contribution is 6.39. The van der Waals surface area contributed by atoms with Gasteiger partial charge < -0.3 is 14.0 Å². The lowest BCUT2D eigenvalue weighted by Crippen LogP contribution is -2.01. The second-order valence-electron chi connectivity index (χ2n) is 9.33. The fourth-order valence-electron chi connectivity index (χ4n) is 4.56. The molecule has 1 aliphatic rings. The number of fused-ring (bicyclic) bond motifs is 1. The first-order chi connectivity index (χ1) is 19.4. The van der Waals surface area contributed by atoms with Crippen molar-refractivity contribution in [3.05, 3.63) is 104 Å². The van der Waals surface area contributed by atoms with Crippen LogP contribution < -0.4 is 4.74 Å². The molecule has 40 heavy (non-hydrogen) atoms. The molecule has 2 aromatic heterocycles. The second-order valence-corrected chi connectivity index (χ2v) is 10.5. The zero-order valence-corrected chi connectivity index (χ0v) is 23.5. The first kappa shape index (κ1) is 26.3. The molecule has 0 bridgehead atoms. The van der Waals surface area contributed by atoms with Crippen molar-refractivity contribution in [1.82, 2.24) is 9.72 Å². The largest absolute Gasteiger partial charge is 0.489 e. The van der Waals surface area contributed by atoms with E-state index in [4.69, 9.17) is 48.8 Å². The third-order valence-corrected chi connectivity index (χ3v) is 7.68. The number of benzene rings is 3. The van der Waals surface area contributed by atoms with E-state index in [0.29, 0.717) is 49.1 Å². The lowest BCUT2D eigenvalue weighted by Gasteiger charge is -2.10. The van der Waals surface area contributed by atoms with Gasteiger partial charge >= 0.3 is 5.97 Å². The van der Waals surface area contributed by atoms with Gasteiger partial charge in [0.05, 0.1) is 38.8 Å². The number of ether oxygens (including phenoxy) is 2. The van der Waals surface area contributed by atoms with E-state index in [9.17, 15) is 4.79 Å². The Hall–Kier alpha value is -3.89. The predicted molar refractivity (Wildman–Crippen MR) is 155 cm³/mol. The fourth-order valence-corrected chi connectivity index (χ4v) is 5.36. The number of aromatic nitrogens is 2. The summed E-state index contributed by atoms with van der Waals surface area (Å²) in [5.41, 5.74) is 3.94. The number of rotatable bonds is 6. The standard InChI is InChI=1S/C31H21Cl3N2O4/c1-38-31(37)22-4-2-7-27-21(22)13-15-36(27)14-12-18-10-11-20(16-26(18)34)39-17-23-29(35-40-30(23)19-8-9-19)28-24(32)5-3-6-25(28)33/h2-7,10-11,13,15-16,19H,8-9,17H2,1H3. The SMILES string of the molecule is COC(=O)c1cccc2c1ccn2C#Cc1ccc(OCc2c(-c3c(Cl)cccc3Cl)noc2C2CC2)cc1Cl. The zero-order valence-electron chi connectivity index (χ0n) is 21.2. The third kappa shape index (κ3) is 5.04. The van der Waals surface area contributed by atoms with Gasteiger partial charge in [0.2, 0.25) is 0 Å². The summed E-state index contributed by atoms with van der Waals surface area (Å²) in [5.74, 6) is 4.39. The van der Waals surface area contributed by atoms with Crippen molar-refractivity contribution in [2.75, 3.05) is 7.11 Å². The van der Waals surface area contributed by atoms with E-state index in [1.165, 1.54) is 7.11 Å². The van der Waals surface area contributed by atoms with Crippen LogP contribution in [0.2, 0.25) is 15.1 Å². The molecule has 3 aromatic carbocycles. The Balaban J connectivity index is 1.24. The Kier molecular flexibility index (Phi) is 7.20. The summed E-state index contributed by atoms with van der Waals surface area (Å²) < 4.78 is 18.5. The van der Waals surface area contributed by atoms with E-state index in [2.05, 4.69) is 17.1 Å². The molecule has 0 spiro atoms. The smallest absolute Gasteiger partial charge is 0.338 e. The maximum absolute atomic E-state index is 12.1. The average Bonchev–Trinajstić information content (AvgIpc) is 3.59. The molecule has 0 amide bonds. The molecular weight excluding hydrogens is 571 g/mol. The Labute approximate surface area is 245 Å². The molecule has 0 N–H and O–H groups in total. The summed E-state index contributed by atoms with van der Waals surface area (Å²) >= 11 is 19.5. The van der Waals surface area contributed by atoms with Gasteiger partial charge in [-0.15, -0.1) is 0 Å². The van der Waals surface area contributed by atoms with Gasteiger partial charge in [-0.3, -0.25) is 4.57 Å². The first-order valence-electron chi connectivity index (χ1n) is 12.5. The molecule has 0 unspecified atom stereocenters. The lowest BCUT2D eigenvalue weighted by molar-refractivity contribution is 0.0603. The molecule has 0 saturated heterocycles. The summed E-state index contributed by atoms with van der Waals surface area (Å²) in [6, 6.07) is 21.0. The molecule has 6 nitrogen and oxygen atoms in total. The molecule has 1 saturated carbocycles. The monoisotopic (exact) mass is 590 g/mol. The number of esters is 1. The van der Waals surface area contributed by atoms with E-state index in [1.54, 1.807) is 53.2 Å². The van der Waals surface area contributed by atoms with Crippen molar-refractivity contribution in [1.29, 1.82) is 0 Å². The van der Waals surface area contributed by atoms with Crippen LogP contribution in [0.15, 0.2) is 71.4 Å². The number of methoxy groups -OCH3 is 1. The zero-order chi connectivity index (χ0) is 27.8. The van der Waals surface area contributed by atoms with Crippen LogP contribution in [0, 0.1) is 12.0 Å². The van der Waals surface area contributed by atoms with Crippen molar-refractivity contribution in [2.24, 2.45) is 0 Å². The summed E-state index contributed by atoms with van der Waals surface area (Å²) in [4.78, 5) is 12.1. The van der Waals surface area contributed by atoms with Gasteiger partial charge in [0.15, 0.2) is 0 Å². The Morgan fingerprint density at radius 3 is 2.55 bits per heavy atom. The minimum absolute atomic E-state index is 0.214. The predicted octanol–water partition coefficient (Wildman–Crippen LogP) is 8.36. The molecule has 2 heterocycles. The van der Waals surface area contributed by atoms with E-state index in [-0.39, 0.29) is 6.61 Å². The number of hydrogen-bond donors (Lipinski definition) is 0. The maximum atomic E-state index is 12.1. The van der Waals surface area contributed by atoms with Gasteiger partial charge in [0.25, 0.3) is 0 Å². The van der Waals surface area contributed by atoms with Crippen LogP contribution in [0.1, 0.15) is 46.0 Å². The van der Waals surface area contributed by atoms with Gasteiger partial charge in [0, 0.05) is 40.7 Å². The van der Waals surface area contributed by atoms with Crippen LogP contribution in [0.4, 0.5) is 0 Å². The summed E-state index contributed by atoms with van der Waals surface area (Å²) in [5, 5.41) is 6.50. The van der Waals surface area contributed by atoms with Gasteiger partial charge in [-0.1, -0.05) is 52.1 Å². The van der Waals surface area contributed by atoms with E-state index >= 15 is 0 Å². The molecule has 5 aromatic rings. The third-order valence-electron chi connectivity index (χ3n) is 6.74. The highest BCUT2D eigenvalue weighted by atomic mass is 35.5. The minimum atomic E-state index is -0.396. The van der Waals surface area contributed by atoms with Gasteiger partial charge in [-0.05, 0) is 61.2 Å². The fraction of sp³-hybridized carbons (Fsp3) is 0.161. The van der Waals surface area contributed by atoms with Crippen molar-refractivity contribution < 1.29 is 18.8 Å². The number of carbonyl (C=O) groups is 1. The van der Waals surface area contributed by atoms with Crippen LogP contribution in [0.3, 0.4) is 0 Å². The normalized spacial score (nSPS) is 12.7. The van der Waals surface area contributed by atoms with E-state index in [0.717, 1.165) is 35.1 Å². The van der Waals surface area contributed by atoms with Crippen LogP contribution in [-0.4, -0.2) is 22.8 Å². The van der Waals surface area contributed by atoms with Crippen LogP contribution in [0.5, 0.6) is 5.75 Å². The molecule has 6 rings (SSSR count). The molecular formula is C31H21Cl3N2O4. The number of carbonyl (C=O) groups excluding carboxylic acids is 1. The van der Waals surface area contributed by atoms with Crippen molar-refractivity contribution in [3.8, 4) is 29.0 Å². The van der Waals surface area contributed by atoms with Crippen LogP contribution in [-0.2, 0) is 11.3 Å². The van der Waals surface area contributed by atoms with Crippen molar-refractivity contribution in [2.45, 2.75) is 25.4 Å². The summed E-state index contributed by atoms with van der Waals surface area (Å²) in [6.45, 7) is 0.214. The highest BCUT2D eigenvalue weighted by Gasteiger charge is 2.33. The molecule has 0 aliphatic heterocycles. The Bertz CT molecular complexity index is 1810. The second kappa shape index (κ2) is 10.9. The highest BCUT2D eigenvalue weighted by Crippen LogP contribution is 2.46. The molecule has 9 heteroatoms. The molecule has 0 radical (unpaired) electrons. The number of nitrogens with zero attached hydrogens (tertiary/aromatic N) is 2. The Morgan fingerprint density at radius 1 is 1.05 bits per heavy atom.